The summed E-state index contributed by atoms with van der Waals surface area (Å²) in [6.45, 7) is 8.19. The Labute approximate surface area is 116 Å². The van der Waals surface area contributed by atoms with Gasteiger partial charge in [0.25, 0.3) is 0 Å². The van der Waals surface area contributed by atoms with Gasteiger partial charge in [0.05, 0.1) is 11.7 Å². The maximum Gasteiger partial charge on any atom is 0.0657 e. The summed E-state index contributed by atoms with van der Waals surface area (Å²) in [6.07, 6.45) is 5.12. The summed E-state index contributed by atoms with van der Waals surface area (Å²) in [6, 6.07) is 0.707. The second-order valence-corrected chi connectivity index (χ2v) is 5.55. The molecule has 2 rings (SSSR count). The summed E-state index contributed by atoms with van der Waals surface area (Å²) in [5.41, 5.74) is 10.0. The summed E-state index contributed by atoms with van der Waals surface area (Å²) in [5.74, 6) is 0. The highest BCUT2D eigenvalue weighted by Gasteiger charge is 2.23. The molecule has 2 heterocycles. The van der Waals surface area contributed by atoms with E-state index in [2.05, 4.69) is 25.5 Å². The van der Waals surface area contributed by atoms with Crippen LogP contribution in [0.25, 0.3) is 0 Å². The molecule has 1 aliphatic rings. The fourth-order valence-corrected chi connectivity index (χ4v) is 3.00. The van der Waals surface area contributed by atoms with Gasteiger partial charge in [-0.15, -0.1) is 0 Å². The van der Waals surface area contributed by atoms with Crippen molar-refractivity contribution in [1.82, 2.24) is 9.78 Å². The summed E-state index contributed by atoms with van der Waals surface area (Å²) in [7, 11) is 0. The van der Waals surface area contributed by atoms with Gasteiger partial charge in [-0.3, -0.25) is 4.68 Å². The molecule has 1 unspecified atom stereocenters. The highest BCUT2D eigenvalue weighted by molar-refractivity contribution is 5.28. The second-order valence-electron chi connectivity index (χ2n) is 5.55. The van der Waals surface area contributed by atoms with Crippen molar-refractivity contribution in [2.24, 2.45) is 5.73 Å². The van der Waals surface area contributed by atoms with Crippen LogP contribution in [0.4, 0.5) is 0 Å². The molecule has 1 saturated heterocycles. The van der Waals surface area contributed by atoms with Crippen molar-refractivity contribution in [2.45, 2.75) is 65.0 Å². The Kier molecular flexibility index (Phi) is 4.99. The first kappa shape index (κ1) is 14.5. The van der Waals surface area contributed by atoms with E-state index in [0.29, 0.717) is 6.04 Å². The quantitative estimate of drug-likeness (QED) is 0.888. The van der Waals surface area contributed by atoms with Crippen LogP contribution in [0.1, 0.15) is 56.6 Å². The minimum atomic E-state index is 0.197. The molecule has 1 fully saturated rings. The number of hydrogen-bond acceptors (Lipinski definition) is 3. The SMILES string of the molecule is CCc1nn(C2CCOCC2)c(CC)c1CC(C)N. The van der Waals surface area contributed by atoms with E-state index in [-0.39, 0.29) is 6.04 Å². The Morgan fingerprint density at radius 1 is 1.32 bits per heavy atom. The molecule has 4 nitrogen and oxygen atoms in total. The molecule has 4 heteroatoms. The van der Waals surface area contributed by atoms with Crippen molar-refractivity contribution in [3.63, 3.8) is 0 Å². The fraction of sp³-hybridized carbons (Fsp3) is 0.800. The molecule has 1 atom stereocenters. The van der Waals surface area contributed by atoms with Gasteiger partial charge in [-0.2, -0.15) is 5.10 Å². The summed E-state index contributed by atoms with van der Waals surface area (Å²) >= 11 is 0. The van der Waals surface area contributed by atoms with Gasteiger partial charge in [-0.25, -0.2) is 0 Å². The van der Waals surface area contributed by atoms with E-state index in [1.165, 1.54) is 17.0 Å². The van der Waals surface area contributed by atoms with Crippen LogP contribution in [0.15, 0.2) is 0 Å². The third kappa shape index (κ3) is 3.18. The Morgan fingerprint density at radius 3 is 2.53 bits per heavy atom. The molecule has 0 spiro atoms. The lowest BCUT2D eigenvalue weighted by Gasteiger charge is -2.24. The first-order valence-corrected chi connectivity index (χ1v) is 7.59. The van der Waals surface area contributed by atoms with E-state index in [1.807, 2.05) is 0 Å². The lowest BCUT2D eigenvalue weighted by Crippen LogP contribution is -2.23. The Hall–Kier alpha value is -0.870. The average Bonchev–Trinajstić information content (AvgIpc) is 2.76. The lowest BCUT2D eigenvalue weighted by molar-refractivity contribution is 0.0653. The number of nitrogens with zero attached hydrogens (tertiary/aromatic N) is 2. The zero-order chi connectivity index (χ0) is 13.8. The van der Waals surface area contributed by atoms with Crippen molar-refractivity contribution in [2.75, 3.05) is 13.2 Å². The van der Waals surface area contributed by atoms with E-state index in [1.54, 1.807) is 0 Å². The molecular weight excluding hydrogens is 238 g/mol. The Morgan fingerprint density at radius 2 is 2.00 bits per heavy atom. The van der Waals surface area contributed by atoms with Gasteiger partial charge in [-0.05, 0) is 44.6 Å². The van der Waals surface area contributed by atoms with E-state index >= 15 is 0 Å². The first-order valence-electron chi connectivity index (χ1n) is 7.59. The van der Waals surface area contributed by atoms with Crippen LogP contribution in [-0.2, 0) is 24.0 Å². The van der Waals surface area contributed by atoms with E-state index < -0.39 is 0 Å². The van der Waals surface area contributed by atoms with Gasteiger partial charge in [0.1, 0.15) is 0 Å². The van der Waals surface area contributed by atoms with Gasteiger partial charge < -0.3 is 10.5 Å². The average molecular weight is 265 g/mol. The summed E-state index contributed by atoms with van der Waals surface area (Å²) in [4.78, 5) is 0. The van der Waals surface area contributed by atoms with Crippen molar-refractivity contribution < 1.29 is 4.74 Å². The smallest absolute Gasteiger partial charge is 0.0657 e. The standard InChI is InChI=1S/C15H27N3O/c1-4-14-13(10-11(3)16)15(5-2)18(17-14)12-6-8-19-9-7-12/h11-12H,4-10,16H2,1-3H3. The predicted octanol–water partition coefficient (Wildman–Crippen LogP) is 2.25. The van der Waals surface area contributed by atoms with Gasteiger partial charge in [0.2, 0.25) is 0 Å². The van der Waals surface area contributed by atoms with Crippen molar-refractivity contribution in [3.8, 4) is 0 Å². The molecule has 1 aromatic rings. The predicted molar refractivity (Wildman–Crippen MR) is 77.4 cm³/mol. The minimum Gasteiger partial charge on any atom is -0.381 e. The number of aryl methyl sites for hydroxylation is 1. The first-order chi connectivity index (χ1) is 9.17. The molecule has 108 valence electrons. The van der Waals surface area contributed by atoms with Crippen molar-refractivity contribution in [1.29, 1.82) is 0 Å². The molecule has 1 aromatic heterocycles. The van der Waals surface area contributed by atoms with Crippen LogP contribution in [0.3, 0.4) is 0 Å². The van der Waals surface area contributed by atoms with Crippen molar-refractivity contribution >= 4 is 0 Å². The maximum absolute atomic E-state index is 6.00. The highest BCUT2D eigenvalue weighted by atomic mass is 16.5. The number of hydrogen-bond donors (Lipinski definition) is 1. The van der Waals surface area contributed by atoms with Crippen LogP contribution in [0.5, 0.6) is 0 Å². The topological polar surface area (TPSA) is 53.1 Å². The molecule has 1 aliphatic heterocycles. The molecule has 0 aliphatic carbocycles. The second kappa shape index (κ2) is 6.53. The minimum absolute atomic E-state index is 0.197. The number of nitrogens with two attached hydrogens (primary N) is 1. The highest BCUT2D eigenvalue weighted by Crippen LogP contribution is 2.27. The van der Waals surface area contributed by atoms with Crippen LogP contribution in [-0.4, -0.2) is 29.0 Å². The molecular formula is C15H27N3O. The fourth-order valence-electron chi connectivity index (χ4n) is 3.00. The summed E-state index contributed by atoms with van der Waals surface area (Å²) in [5, 5.41) is 4.88. The number of aromatic nitrogens is 2. The molecule has 0 radical (unpaired) electrons. The largest absolute Gasteiger partial charge is 0.381 e. The number of rotatable bonds is 5. The molecule has 0 saturated carbocycles. The Balaban J connectivity index is 2.34. The van der Waals surface area contributed by atoms with Gasteiger partial charge >= 0.3 is 0 Å². The van der Waals surface area contributed by atoms with Gasteiger partial charge in [0, 0.05) is 24.9 Å². The van der Waals surface area contributed by atoms with E-state index in [9.17, 15) is 0 Å². The zero-order valence-corrected chi connectivity index (χ0v) is 12.5. The molecule has 0 bridgehead atoms. The lowest BCUT2D eigenvalue weighted by atomic mass is 10.0. The van der Waals surface area contributed by atoms with Crippen molar-refractivity contribution in [3.05, 3.63) is 17.0 Å². The maximum atomic E-state index is 6.00. The van der Waals surface area contributed by atoms with Crippen LogP contribution < -0.4 is 5.73 Å². The van der Waals surface area contributed by atoms with E-state index in [0.717, 1.165) is 45.3 Å². The summed E-state index contributed by atoms with van der Waals surface area (Å²) < 4.78 is 7.74. The van der Waals surface area contributed by atoms with Gasteiger partial charge in [0.15, 0.2) is 0 Å². The monoisotopic (exact) mass is 265 g/mol. The van der Waals surface area contributed by atoms with Crippen LogP contribution in [0.2, 0.25) is 0 Å². The van der Waals surface area contributed by atoms with E-state index in [4.69, 9.17) is 15.6 Å². The third-order valence-corrected chi connectivity index (χ3v) is 3.93. The van der Waals surface area contributed by atoms with Crippen LogP contribution in [0, 0.1) is 0 Å². The van der Waals surface area contributed by atoms with Gasteiger partial charge in [-0.1, -0.05) is 13.8 Å². The third-order valence-electron chi connectivity index (χ3n) is 3.93. The zero-order valence-electron chi connectivity index (χ0n) is 12.5. The van der Waals surface area contributed by atoms with Crippen LogP contribution >= 0.6 is 0 Å². The Bertz CT molecular complexity index is 406. The number of ether oxygens (including phenoxy) is 1. The molecule has 19 heavy (non-hydrogen) atoms. The molecule has 0 amide bonds. The molecule has 2 N–H and O–H groups in total. The molecule has 0 aromatic carbocycles. The normalized spacial score (nSPS) is 18.7.